The molecule has 0 radical (unpaired) electrons. The first-order valence-electron chi connectivity index (χ1n) is 10.3. The van der Waals surface area contributed by atoms with Gasteiger partial charge in [-0.05, 0) is 36.8 Å². The topological polar surface area (TPSA) is 67.7 Å². The van der Waals surface area contributed by atoms with E-state index in [4.69, 9.17) is 9.84 Å². The van der Waals surface area contributed by atoms with Gasteiger partial charge in [0.25, 0.3) is 5.91 Å². The average molecular weight is 417 g/mol. The summed E-state index contributed by atoms with van der Waals surface area (Å²) in [6, 6.07) is 5.94. The molecule has 4 rings (SSSR count). The number of rotatable bonds is 6. The maximum absolute atomic E-state index is 12.9. The molecule has 0 aromatic carbocycles. The van der Waals surface area contributed by atoms with Gasteiger partial charge >= 0.3 is 0 Å². The summed E-state index contributed by atoms with van der Waals surface area (Å²) in [6.07, 6.45) is 3.33. The maximum Gasteiger partial charge on any atom is 0.272 e. The third-order valence-corrected chi connectivity index (χ3v) is 6.64. The zero-order valence-corrected chi connectivity index (χ0v) is 17.7. The Morgan fingerprint density at radius 2 is 2.21 bits per heavy atom. The van der Waals surface area contributed by atoms with Crippen molar-refractivity contribution in [3.8, 4) is 0 Å². The monoisotopic (exact) mass is 416 g/mol. The Kier molecular flexibility index (Phi) is 6.30. The number of nitrogens with zero attached hydrogens (tertiary/aromatic N) is 4. The van der Waals surface area contributed by atoms with E-state index < -0.39 is 0 Å². The number of methoxy groups -OCH3 is 1. The molecule has 1 atom stereocenters. The van der Waals surface area contributed by atoms with E-state index in [1.807, 2.05) is 38.1 Å². The largest absolute Gasteiger partial charge is 0.383 e. The van der Waals surface area contributed by atoms with Crippen LogP contribution < -0.4 is 0 Å². The normalized spacial score (nSPS) is 19.9. The fourth-order valence-corrected chi connectivity index (χ4v) is 4.88. The molecule has 0 bridgehead atoms. The van der Waals surface area contributed by atoms with Crippen molar-refractivity contribution in [3.05, 3.63) is 39.8 Å². The van der Waals surface area contributed by atoms with Gasteiger partial charge in [0.15, 0.2) is 0 Å². The lowest BCUT2D eigenvalue weighted by atomic mass is 9.94. The zero-order valence-electron chi connectivity index (χ0n) is 16.9. The van der Waals surface area contributed by atoms with E-state index in [1.54, 1.807) is 18.4 Å². The first-order valence-corrected chi connectivity index (χ1v) is 11.2. The third kappa shape index (κ3) is 4.53. The predicted octanol–water partition coefficient (Wildman–Crippen LogP) is 2.39. The van der Waals surface area contributed by atoms with Gasteiger partial charge in [-0.1, -0.05) is 6.07 Å². The van der Waals surface area contributed by atoms with Crippen LogP contribution in [-0.4, -0.2) is 71.3 Å². The summed E-state index contributed by atoms with van der Waals surface area (Å²) < 4.78 is 7.00. The van der Waals surface area contributed by atoms with Crippen LogP contribution in [0.25, 0.3) is 0 Å². The number of ether oxygens (including phenoxy) is 1. The number of hydrogen-bond donors (Lipinski definition) is 0. The van der Waals surface area contributed by atoms with Crippen LogP contribution in [-0.2, 0) is 22.5 Å². The van der Waals surface area contributed by atoms with Gasteiger partial charge in [-0.3, -0.25) is 14.3 Å². The SMILES string of the molecule is COCCN1CCCn2nc(C3CCCN(C(=O)Cc4cccs4)C3)cc2C1=O. The molecule has 8 heteroatoms. The van der Waals surface area contributed by atoms with E-state index in [1.165, 1.54) is 0 Å². The lowest BCUT2D eigenvalue weighted by molar-refractivity contribution is -0.131. The number of piperidine rings is 1. The summed E-state index contributed by atoms with van der Waals surface area (Å²) in [6.45, 7) is 4.11. The molecule has 29 heavy (non-hydrogen) atoms. The second-order valence-corrected chi connectivity index (χ2v) is 8.78. The lowest BCUT2D eigenvalue weighted by Gasteiger charge is -2.32. The van der Waals surface area contributed by atoms with Crippen LogP contribution in [0.4, 0.5) is 0 Å². The van der Waals surface area contributed by atoms with Crippen molar-refractivity contribution in [2.45, 2.75) is 38.1 Å². The Morgan fingerprint density at radius 3 is 3.00 bits per heavy atom. The van der Waals surface area contributed by atoms with Crippen molar-refractivity contribution in [2.24, 2.45) is 0 Å². The summed E-state index contributed by atoms with van der Waals surface area (Å²) in [5.41, 5.74) is 1.60. The fraction of sp³-hybridized carbons (Fsp3) is 0.571. The van der Waals surface area contributed by atoms with Gasteiger partial charge in [-0.15, -0.1) is 11.3 Å². The smallest absolute Gasteiger partial charge is 0.272 e. The molecule has 0 saturated carbocycles. The van der Waals surface area contributed by atoms with Crippen LogP contribution in [0.5, 0.6) is 0 Å². The van der Waals surface area contributed by atoms with Gasteiger partial charge in [-0.25, -0.2) is 0 Å². The Bertz CT molecular complexity index is 848. The third-order valence-electron chi connectivity index (χ3n) is 5.77. The molecule has 0 N–H and O–H groups in total. The second-order valence-electron chi connectivity index (χ2n) is 7.75. The Hall–Kier alpha value is -2.19. The van der Waals surface area contributed by atoms with Gasteiger partial charge in [0.2, 0.25) is 5.91 Å². The van der Waals surface area contributed by atoms with Crippen LogP contribution in [0.2, 0.25) is 0 Å². The Morgan fingerprint density at radius 1 is 1.31 bits per heavy atom. The van der Waals surface area contributed by atoms with Crippen LogP contribution >= 0.6 is 11.3 Å². The summed E-state index contributed by atoms with van der Waals surface area (Å²) in [5, 5.41) is 6.78. The molecule has 1 fully saturated rings. The van der Waals surface area contributed by atoms with Gasteiger partial charge in [0.05, 0.1) is 18.7 Å². The highest BCUT2D eigenvalue weighted by Crippen LogP contribution is 2.28. The van der Waals surface area contributed by atoms with Crippen LogP contribution in [0.1, 0.15) is 46.2 Å². The van der Waals surface area contributed by atoms with Crippen LogP contribution in [0, 0.1) is 0 Å². The molecule has 2 aliphatic heterocycles. The molecule has 2 amide bonds. The van der Waals surface area contributed by atoms with Crippen LogP contribution in [0.3, 0.4) is 0 Å². The summed E-state index contributed by atoms with van der Waals surface area (Å²) in [7, 11) is 1.65. The van der Waals surface area contributed by atoms with E-state index in [9.17, 15) is 9.59 Å². The average Bonchev–Trinajstić information content (AvgIpc) is 3.37. The van der Waals surface area contributed by atoms with Crippen LogP contribution in [0.15, 0.2) is 23.6 Å². The number of carbonyl (C=O) groups excluding carboxylic acids is 2. The van der Waals surface area contributed by atoms with Gasteiger partial charge in [-0.2, -0.15) is 5.10 Å². The summed E-state index contributed by atoms with van der Waals surface area (Å²) >= 11 is 1.62. The number of carbonyl (C=O) groups is 2. The highest BCUT2D eigenvalue weighted by Gasteiger charge is 2.30. The first-order chi connectivity index (χ1) is 14.2. The van der Waals surface area contributed by atoms with E-state index >= 15 is 0 Å². The molecule has 2 aliphatic rings. The number of thiophene rings is 1. The highest BCUT2D eigenvalue weighted by atomic mass is 32.1. The summed E-state index contributed by atoms with van der Waals surface area (Å²) in [4.78, 5) is 30.6. The molecule has 4 heterocycles. The molecular weight excluding hydrogens is 388 g/mol. The number of amides is 2. The maximum atomic E-state index is 12.9. The van der Waals surface area contributed by atoms with Crippen molar-refractivity contribution in [3.63, 3.8) is 0 Å². The standard InChI is InChI=1S/C21H28N4O3S/c1-28-11-10-23-8-4-9-25-19(21(23)27)14-18(22-25)16-5-2-7-24(15-16)20(26)13-17-6-3-12-29-17/h3,6,12,14,16H,2,4-5,7-11,13,15H2,1H3. The molecule has 0 aliphatic carbocycles. The van der Waals surface area contributed by atoms with E-state index in [0.29, 0.717) is 31.8 Å². The van der Waals surface area contributed by atoms with E-state index in [-0.39, 0.29) is 17.7 Å². The van der Waals surface area contributed by atoms with Crippen molar-refractivity contribution in [2.75, 3.05) is 39.9 Å². The molecule has 2 aromatic heterocycles. The molecule has 1 saturated heterocycles. The van der Waals surface area contributed by atoms with Crippen molar-refractivity contribution in [1.82, 2.24) is 19.6 Å². The van der Waals surface area contributed by atoms with Gasteiger partial charge in [0, 0.05) is 50.6 Å². The minimum atomic E-state index is 0.0275. The molecule has 156 valence electrons. The molecule has 2 aromatic rings. The number of aryl methyl sites for hydroxylation is 1. The predicted molar refractivity (Wildman–Crippen MR) is 111 cm³/mol. The molecule has 0 spiro atoms. The fourth-order valence-electron chi connectivity index (χ4n) is 4.19. The number of fused-ring (bicyclic) bond motifs is 1. The zero-order chi connectivity index (χ0) is 20.2. The van der Waals surface area contributed by atoms with Gasteiger partial charge in [0.1, 0.15) is 5.69 Å². The number of aromatic nitrogens is 2. The van der Waals surface area contributed by atoms with Crippen molar-refractivity contribution < 1.29 is 14.3 Å². The number of hydrogen-bond acceptors (Lipinski definition) is 5. The molecule has 1 unspecified atom stereocenters. The molecular formula is C21H28N4O3S. The van der Waals surface area contributed by atoms with Crippen molar-refractivity contribution in [1.29, 1.82) is 0 Å². The van der Waals surface area contributed by atoms with Gasteiger partial charge < -0.3 is 14.5 Å². The van der Waals surface area contributed by atoms with E-state index in [2.05, 4.69) is 0 Å². The Labute approximate surface area is 175 Å². The summed E-state index contributed by atoms with van der Waals surface area (Å²) in [5.74, 6) is 0.398. The minimum Gasteiger partial charge on any atom is -0.383 e. The first kappa shape index (κ1) is 20.1. The molecule has 7 nitrogen and oxygen atoms in total. The van der Waals surface area contributed by atoms with E-state index in [0.717, 1.165) is 49.5 Å². The quantitative estimate of drug-likeness (QED) is 0.725. The lowest BCUT2D eigenvalue weighted by Crippen LogP contribution is -2.40. The van der Waals surface area contributed by atoms with Crippen molar-refractivity contribution >= 4 is 23.2 Å². The highest BCUT2D eigenvalue weighted by molar-refractivity contribution is 7.10. The number of likely N-dealkylation sites (tertiary alicyclic amines) is 1. The second kappa shape index (κ2) is 9.09. The Balaban J connectivity index is 1.45. The minimum absolute atomic E-state index is 0.0275.